The van der Waals surface area contributed by atoms with Gasteiger partial charge >= 0.3 is 0 Å². The molecule has 1 saturated heterocycles. The van der Waals surface area contributed by atoms with Crippen molar-refractivity contribution in [3.63, 3.8) is 0 Å². The number of amides is 1. The molecule has 0 bridgehead atoms. The Balaban J connectivity index is 1.38. The topological polar surface area (TPSA) is 71.0 Å². The van der Waals surface area contributed by atoms with Crippen molar-refractivity contribution >= 4 is 44.5 Å². The van der Waals surface area contributed by atoms with Gasteiger partial charge in [-0.2, -0.15) is 4.98 Å². The normalized spacial score (nSPS) is 16.9. The van der Waals surface area contributed by atoms with Crippen molar-refractivity contribution in [1.82, 2.24) is 20.3 Å². The fourth-order valence-electron chi connectivity index (χ4n) is 3.31. The van der Waals surface area contributed by atoms with Crippen molar-refractivity contribution in [2.24, 2.45) is 5.92 Å². The molecule has 0 spiro atoms. The summed E-state index contributed by atoms with van der Waals surface area (Å²) in [6, 6.07) is 6.10. The standard InChI is InChI=1S/C20H22FN5OS2/c1-13-3-2-8-26(10-13)20-25-18-17(29-20)19(24-12-23-18)28-11-16(27)22-9-14-4-6-15(21)7-5-14/h4-7,12-13H,2-3,8-11H2,1H3,(H,22,27)/t13-/m1/s1. The number of aromatic nitrogens is 3. The maximum absolute atomic E-state index is 13.0. The molecule has 0 unspecified atom stereocenters. The molecule has 2 aromatic heterocycles. The highest BCUT2D eigenvalue weighted by Crippen LogP contribution is 2.35. The zero-order valence-corrected chi connectivity index (χ0v) is 17.7. The van der Waals surface area contributed by atoms with Crippen LogP contribution in [0.25, 0.3) is 10.3 Å². The van der Waals surface area contributed by atoms with E-state index in [9.17, 15) is 9.18 Å². The minimum absolute atomic E-state index is 0.0966. The summed E-state index contributed by atoms with van der Waals surface area (Å²) in [5.41, 5.74) is 1.55. The van der Waals surface area contributed by atoms with Crippen molar-refractivity contribution in [3.8, 4) is 0 Å². The van der Waals surface area contributed by atoms with Crippen LogP contribution in [0.1, 0.15) is 25.3 Å². The Morgan fingerprint density at radius 3 is 2.97 bits per heavy atom. The lowest BCUT2D eigenvalue weighted by Crippen LogP contribution is -2.34. The molecule has 0 radical (unpaired) electrons. The molecule has 1 fully saturated rings. The smallest absolute Gasteiger partial charge is 0.230 e. The van der Waals surface area contributed by atoms with Crippen LogP contribution in [0.3, 0.4) is 0 Å². The first-order valence-corrected chi connectivity index (χ1v) is 11.4. The van der Waals surface area contributed by atoms with Gasteiger partial charge in [-0.25, -0.2) is 14.4 Å². The molecular formula is C20H22FN5OS2. The number of thiazole rings is 1. The van der Waals surface area contributed by atoms with Crippen LogP contribution in [-0.4, -0.2) is 39.7 Å². The van der Waals surface area contributed by atoms with Crippen molar-refractivity contribution in [3.05, 3.63) is 42.0 Å². The molecule has 9 heteroatoms. The second-order valence-electron chi connectivity index (χ2n) is 7.21. The van der Waals surface area contributed by atoms with E-state index in [2.05, 4.69) is 27.1 Å². The number of piperidine rings is 1. The number of anilines is 1. The number of hydrogen-bond acceptors (Lipinski definition) is 7. The highest BCUT2D eigenvalue weighted by Gasteiger charge is 2.21. The van der Waals surface area contributed by atoms with Gasteiger partial charge < -0.3 is 10.2 Å². The molecule has 29 heavy (non-hydrogen) atoms. The molecule has 1 N–H and O–H groups in total. The van der Waals surface area contributed by atoms with Gasteiger partial charge in [-0.3, -0.25) is 4.79 Å². The van der Waals surface area contributed by atoms with Crippen LogP contribution in [0.2, 0.25) is 0 Å². The minimum Gasteiger partial charge on any atom is -0.351 e. The van der Waals surface area contributed by atoms with E-state index in [1.165, 1.54) is 43.1 Å². The molecule has 1 atom stereocenters. The van der Waals surface area contributed by atoms with Crippen LogP contribution in [0.4, 0.5) is 9.52 Å². The zero-order valence-electron chi connectivity index (χ0n) is 16.1. The molecule has 6 nitrogen and oxygen atoms in total. The molecule has 3 aromatic rings. The first kappa shape index (κ1) is 20.0. The molecule has 4 rings (SSSR count). The Labute approximate surface area is 177 Å². The molecule has 1 aliphatic heterocycles. The van der Waals surface area contributed by atoms with Gasteiger partial charge in [-0.1, -0.05) is 42.2 Å². The Morgan fingerprint density at radius 2 is 2.17 bits per heavy atom. The van der Waals surface area contributed by atoms with Crippen LogP contribution >= 0.6 is 23.1 Å². The van der Waals surface area contributed by atoms with Crippen LogP contribution in [0, 0.1) is 11.7 Å². The summed E-state index contributed by atoms with van der Waals surface area (Å²) in [4.78, 5) is 27.9. The average molecular weight is 432 g/mol. The highest BCUT2D eigenvalue weighted by atomic mass is 32.2. The number of hydrogen-bond donors (Lipinski definition) is 1. The zero-order chi connectivity index (χ0) is 20.2. The third kappa shape index (κ3) is 5.02. The largest absolute Gasteiger partial charge is 0.351 e. The summed E-state index contributed by atoms with van der Waals surface area (Å²) in [6.07, 6.45) is 3.94. The average Bonchev–Trinajstić information content (AvgIpc) is 3.17. The number of rotatable bonds is 6. The molecule has 0 aliphatic carbocycles. The highest BCUT2D eigenvalue weighted by molar-refractivity contribution is 8.00. The molecule has 3 heterocycles. The summed E-state index contributed by atoms with van der Waals surface area (Å²) >= 11 is 2.98. The van der Waals surface area contributed by atoms with Gasteiger partial charge in [0, 0.05) is 19.6 Å². The quantitative estimate of drug-likeness (QED) is 0.472. The summed E-state index contributed by atoms with van der Waals surface area (Å²) in [5, 5.41) is 4.61. The van der Waals surface area contributed by atoms with Gasteiger partial charge in [0.25, 0.3) is 0 Å². The van der Waals surface area contributed by atoms with E-state index in [1.807, 2.05) is 0 Å². The number of halogens is 1. The monoisotopic (exact) mass is 431 g/mol. The van der Waals surface area contributed by atoms with Crippen molar-refractivity contribution in [2.75, 3.05) is 23.7 Å². The number of nitrogens with zero attached hydrogens (tertiary/aromatic N) is 4. The van der Waals surface area contributed by atoms with Gasteiger partial charge in [0.05, 0.1) is 5.75 Å². The van der Waals surface area contributed by atoms with Gasteiger partial charge in [-0.15, -0.1) is 0 Å². The fourth-order valence-corrected chi connectivity index (χ4v) is 5.27. The lowest BCUT2D eigenvalue weighted by molar-refractivity contribution is -0.118. The van der Waals surface area contributed by atoms with E-state index in [-0.39, 0.29) is 17.5 Å². The first-order valence-electron chi connectivity index (χ1n) is 9.59. The second-order valence-corrected chi connectivity index (χ2v) is 9.15. The number of nitrogens with one attached hydrogen (secondary N) is 1. The summed E-state index contributed by atoms with van der Waals surface area (Å²) in [7, 11) is 0. The predicted molar refractivity (Wildman–Crippen MR) is 115 cm³/mol. The first-order chi connectivity index (χ1) is 14.1. The molecule has 152 valence electrons. The maximum atomic E-state index is 13.0. The SMILES string of the molecule is C[C@@H]1CCCN(c2nc3ncnc(SCC(=O)NCc4ccc(F)cc4)c3s2)C1. The van der Waals surface area contributed by atoms with E-state index in [4.69, 9.17) is 4.98 Å². The van der Waals surface area contributed by atoms with E-state index in [0.29, 0.717) is 18.1 Å². The number of benzene rings is 1. The maximum Gasteiger partial charge on any atom is 0.230 e. The number of carbonyl (C=O) groups is 1. The van der Waals surface area contributed by atoms with Gasteiger partial charge in [-0.05, 0) is 36.5 Å². The predicted octanol–water partition coefficient (Wildman–Crippen LogP) is 3.87. The summed E-state index contributed by atoms with van der Waals surface area (Å²) in [5.74, 6) is 0.536. The molecule has 0 saturated carbocycles. The van der Waals surface area contributed by atoms with Gasteiger partial charge in [0.2, 0.25) is 5.91 Å². The van der Waals surface area contributed by atoms with E-state index in [1.54, 1.807) is 23.5 Å². The van der Waals surface area contributed by atoms with Crippen LogP contribution < -0.4 is 10.2 Å². The van der Waals surface area contributed by atoms with Gasteiger partial charge in [0.15, 0.2) is 10.8 Å². The number of carbonyl (C=O) groups excluding carboxylic acids is 1. The Morgan fingerprint density at radius 1 is 1.34 bits per heavy atom. The van der Waals surface area contributed by atoms with E-state index in [0.717, 1.165) is 33.5 Å². The van der Waals surface area contributed by atoms with Crippen molar-refractivity contribution in [1.29, 1.82) is 0 Å². The third-order valence-electron chi connectivity index (χ3n) is 4.82. The van der Waals surface area contributed by atoms with Gasteiger partial charge in [0.1, 0.15) is 21.9 Å². The summed E-state index contributed by atoms with van der Waals surface area (Å²) < 4.78 is 13.9. The lowest BCUT2D eigenvalue weighted by Gasteiger charge is -2.30. The molecular weight excluding hydrogens is 409 g/mol. The van der Waals surface area contributed by atoms with Crippen LogP contribution in [-0.2, 0) is 11.3 Å². The summed E-state index contributed by atoms with van der Waals surface area (Å²) in [6.45, 7) is 4.68. The lowest BCUT2D eigenvalue weighted by atomic mass is 10.0. The third-order valence-corrected chi connectivity index (χ3v) is 7.05. The second kappa shape index (κ2) is 9.04. The molecule has 1 aromatic carbocycles. The molecule has 1 aliphatic rings. The molecule has 1 amide bonds. The van der Waals surface area contributed by atoms with E-state index < -0.39 is 0 Å². The Hall–Kier alpha value is -2.26. The van der Waals surface area contributed by atoms with Crippen LogP contribution in [0.5, 0.6) is 0 Å². The minimum atomic E-state index is -0.286. The van der Waals surface area contributed by atoms with Crippen molar-refractivity contribution < 1.29 is 9.18 Å². The number of fused-ring (bicyclic) bond motifs is 1. The number of thioether (sulfide) groups is 1. The Kier molecular flexibility index (Phi) is 6.25. The van der Waals surface area contributed by atoms with Crippen LogP contribution in [0.15, 0.2) is 35.6 Å². The fraction of sp³-hybridized carbons (Fsp3) is 0.400. The van der Waals surface area contributed by atoms with Crippen molar-refractivity contribution in [2.45, 2.75) is 31.3 Å². The Bertz CT molecular complexity index is 994. The van der Waals surface area contributed by atoms with E-state index >= 15 is 0 Å².